The van der Waals surface area contributed by atoms with E-state index in [9.17, 15) is 14.4 Å². The molecule has 0 aliphatic rings. The van der Waals surface area contributed by atoms with Gasteiger partial charge in [0.05, 0.1) is 16.3 Å². The molecular weight excluding hydrogens is 306 g/mol. The summed E-state index contributed by atoms with van der Waals surface area (Å²) in [6.45, 7) is 0. The van der Waals surface area contributed by atoms with Crippen LogP contribution in [0.5, 0.6) is 0 Å². The van der Waals surface area contributed by atoms with E-state index in [4.69, 9.17) is 17.3 Å². The number of rotatable bonds is 2. The number of nitrogens with one attached hydrogen (secondary N) is 2. The first-order chi connectivity index (χ1) is 10.5. The largest absolute Gasteiger partial charge is 0.398 e. The second kappa shape index (κ2) is 6.73. The quantitative estimate of drug-likeness (QED) is 0.581. The molecule has 2 rings (SSSR count). The highest BCUT2D eigenvalue weighted by Gasteiger charge is 2.19. The van der Waals surface area contributed by atoms with Crippen LogP contribution in [-0.2, 0) is 9.59 Å². The molecule has 0 unspecified atom stereocenters. The summed E-state index contributed by atoms with van der Waals surface area (Å²) in [7, 11) is 0. The van der Waals surface area contributed by atoms with Gasteiger partial charge in [-0.05, 0) is 24.3 Å². The van der Waals surface area contributed by atoms with Gasteiger partial charge in [0.1, 0.15) is 0 Å². The van der Waals surface area contributed by atoms with Crippen molar-refractivity contribution in [2.75, 3.05) is 11.1 Å². The first-order valence-electron chi connectivity index (χ1n) is 6.24. The molecule has 7 heteroatoms. The maximum absolute atomic E-state index is 11.9. The van der Waals surface area contributed by atoms with Gasteiger partial charge in [0, 0.05) is 5.69 Å². The Morgan fingerprint density at radius 1 is 0.909 bits per heavy atom. The highest BCUT2D eigenvalue weighted by Crippen LogP contribution is 2.20. The maximum atomic E-state index is 11.9. The highest BCUT2D eigenvalue weighted by molar-refractivity contribution is 6.43. The maximum Gasteiger partial charge on any atom is 0.316 e. The fourth-order valence-electron chi connectivity index (χ4n) is 1.67. The Morgan fingerprint density at radius 2 is 1.55 bits per heavy atom. The normalized spacial score (nSPS) is 9.86. The van der Waals surface area contributed by atoms with E-state index in [1.54, 1.807) is 30.3 Å². The lowest BCUT2D eigenvalue weighted by Gasteiger charge is -2.08. The zero-order valence-corrected chi connectivity index (χ0v) is 12.1. The van der Waals surface area contributed by atoms with Crippen molar-refractivity contribution in [3.8, 4) is 0 Å². The summed E-state index contributed by atoms with van der Waals surface area (Å²) in [5.74, 6) is -2.86. The Balaban J connectivity index is 2.03. The molecule has 6 nitrogen and oxygen atoms in total. The van der Waals surface area contributed by atoms with Gasteiger partial charge in [0.15, 0.2) is 0 Å². The molecule has 22 heavy (non-hydrogen) atoms. The minimum absolute atomic E-state index is 0.112. The van der Waals surface area contributed by atoms with Crippen LogP contribution in [0.1, 0.15) is 10.4 Å². The minimum atomic E-state index is -1.10. The first kappa shape index (κ1) is 15.5. The topological polar surface area (TPSA) is 101 Å². The van der Waals surface area contributed by atoms with Crippen LogP contribution in [0, 0.1) is 0 Å². The third kappa shape index (κ3) is 3.62. The van der Waals surface area contributed by atoms with Crippen molar-refractivity contribution >= 4 is 40.7 Å². The molecule has 0 aromatic heterocycles. The van der Waals surface area contributed by atoms with E-state index >= 15 is 0 Å². The molecule has 0 spiro atoms. The lowest BCUT2D eigenvalue weighted by molar-refractivity contribution is -0.135. The van der Waals surface area contributed by atoms with Crippen molar-refractivity contribution in [3.05, 3.63) is 59.1 Å². The number of imide groups is 1. The van der Waals surface area contributed by atoms with E-state index < -0.39 is 17.7 Å². The van der Waals surface area contributed by atoms with Gasteiger partial charge in [-0.15, -0.1) is 0 Å². The smallest absolute Gasteiger partial charge is 0.316 e. The molecule has 0 radical (unpaired) electrons. The summed E-state index contributed by atoms with van der Waals surface area (Å²) >= 11 is 5.87. The zero-order chi connectivity index (χ0) is 16.1. The van der Waals surface area contributed by atoms with Crippen molar-refractivity contribution < 1.29 is 14.4 Å². The number of benzene rings is 2. The van der Waals surface area contributed by atoms with Gasteiger partial charge < -0.3 is 11.1 Å². The fourth-order valence-corrected chi connectivity index (χ4v) is 1.86. The van der Waals surface area contributed by atoms with Crippen LogP contribution in [0.3, 0.4) is 0 Å². The number of carbonyl (C=O) groups excluding carboxylic acids is 3. The molecular formula is C15H12ClN3O3. The molecule has 0 bridgehead atoms. The second-order valence-corrected chi connectivity index (χ2v) is 4.71. The predicted octanol–water partition coefficient (Wildman–Crippen LogP) is 1.82. The molecule has 0 aliphatic heterocycles. The summed E-state index contributed by atoms with van der Waals surface area (Å²) in [5.41, 5.74) is 6.22. The van der Waals surface area contributed by atoms with Gasteiger partial charge in [-0.2, -0.15) is 0 Å². The molecule has 0 saturated carbocycles. The van der Waals surface area contributed by atoms with Crippen LogP contribution in [-0.4, -0.2) is 17.7 Å². The third-order valence-corrected chi connectivity index (χ3v) is 3.09. The summed E-state index contributed by atoms with van der Waals surface area (Å²) in [5, 5.41) is 4.56. The van der Waals surface area contributed by atoms with Gasteiger partial charge in [0.25, 0.3) is 5.91 Å². The molecule has 0 heterocycles. The number of nitrogen functional groups attached to an aromatic ring is 1. The number of halogens is 1. The monoisotopic (exact) mass is 317 g/mol. The Labute approximate surface area is 131 Å². The summed E-state index contributed by atoms with van der Waals surface area (Å²) < 4.78 is 0. The van der Waals surface area contributed by atoms with E-state index in [-0.39, 0.29) is 22.0 Å². The Bertz CT molecular complexity index is 746. The Morgan fingerprint density at radius 3 is 2.23 bits per heavy atom. The van der Waals surface area contributed by atoms with Gasteiger partial charge in [-0.3, -0.25) is 19.7 Å². The second-order valence-electron chi connectivity index (χ2n) is 4.30. The number of anilines is 2. The summed E-state index contributed by atoms with van der Waals surface area (Å²) in [6, 6.07) is 12.6. The van der Waals surface area contributed by atoms with Crippen LogP contribution in [0.15, 0.2) is 48.5 Å². The lowest BCUT2D eigenvalue weighted by Crippen LogP contribution is -2.39. The van der Waals surface area contributed by atoms with Crippen LogP contribution < -0.4 is 16.4 Å². The molecule has 0 saturated heterocycles. The summed E-state index contributed by atoms with van der Waals surface area (Å²) in [4.78, 5) is 35.4. The molecule has 2 aromatic carbocycles. The van der Waals surface area contributed by atoms with Crippen molar-refractivity contribution in [2.24, 2.45) is 0 Å². The van der Waals surface area contributed by atoms with Crippen molar-refractivity contribution in [3.63, 3.8) is 0 Å². The molecule has 2 aromatic rings. The van der Waals surface area contributed by atoms with Gasteiger partial charge >= 0.3 is 11.8 Å². The lowest BCUT2D eigenvalue weighted by atomic mass is 10.1. The van der Waals surface area contributed by atoms with E-state index in [0.29, 0.717) is 0 Å². The first-order valence-corrected chi connectivity index (χ1v) is 6.62. The van der Waals surface area contributed by atoms with Crippen LogP contribution in [0.4, 0.5) is 11.4 Å². The SMILES string of the molecule is Nc1ccccc1C(=O)NC(=O)C(=O)Nc1ccccc1Cl. The number of hydrogen-bond acceptors (Lipinski definition) is 4. The molecule has 0 aliphatic carbocycles. The highest BCUT2D eigenvalue weighted by atomic mass is 35.5. The van der Waals surface area contributed by atoms with Crippen molar-refractivity contribution in [1.82, 2.24) is 5.32 Å². The number of nitrogens with two attached hydrogens (primary N) is 1. The zero-order valence-electron chi connectivity index (χ0n) is 11.3. The number of hydrogen-bond donors (Lipinski definition) is 3. The molecule has 0 fully saturated rings. The summed E-state index contributed by atoms with van der Waals surface area (Å²) in [6.07, 6.45) is 0. The van der Waals surface area contributed by atoms with E-state index in [0.717, 1.165) is 0 Å². The average Bonchev–Trinajstić information content (AvgIpc) is 2.49. The van der Waals surface area contributed by atoms with Crippen LogP contribution >= 0.6 is 11.6 Å². The van der Waals surface area contributed by atoms with Crippen LogP contribution in [0.25, 0.3) is 0 Å². The van der Waals surface area contributed by atoms with Gasteiger partial charge in [0.2, 0.25) is 0 Å². The Kier molecular flexibility index (Phi) is 4.75. The van der Waals surface area contributed by atoms with Gasteiger partial charge in [-0.25, -0.2) is 0 Å². The van der Waals surface area contributed by atoms with E-state index in [1.165, 1.54) is 18.2 Å². The number of carbonyl (C=O) groups is 3. The number of amides is 3. The molecule has 3 amide bonds. The fraction of sp³-hybridized carbons (Fsp3) is 0. The van der Waals surface area contributed by atoms with E-state index in [1.807, 2.05) is 5.32 Å². The average molecular weight is 318 g/mol. The third-order valence-electron chi connectivity index (χ3n) is 2.76. The van der Waals surface area contributed by atoms with Gasteiger partial charge in [-0.1, -0.05) is 35.9 Å². The number of para-hydroxylation sites is 2. The van der Waals surface area contributed by atoms with E-state index in [2.05, 4.69) is 5.32 Å². The van der Waals surface area contributed by atoms with Crippen molar-refractivity contribution in [1.29, 1.82) is 0 Å². The predicted molar refractivity (Wildman–Crippen MR) is 83.4 cm³/mol. The molecule has 4 N–H and O–H groups in total. The van der Waals surface area contributed by atoms with Crippen LogP contribution in [0.2, 0.25) is 5.02 Å². The van der Waals surface area contributed by atoms with Crippen molar-refractivity contribution in [2.45, 2.75) is 0 Å². The minimum Gasteiger partial charge on any atom is -0.398 e. The standard InChI is InChI=1S/C15H12ClN3O3/c16-10-6-2-4-8-12(10)18-14(21)15(22)19-13(20)9-5-1-3-7-11(9)17/h1-8H,17H2,(H,18,21)(H,19,20,22). The molecule has 112 valence electrons. The Hall–Kier alpha value is -2.86. The molecule has 0 atom stereocenters.